The molecule has 0 atom stereocenters. The first kappa shape index (κ1) is 20.7. The number of nitrogens with one attached hydrogen (secondary N) is 1. The Morgan fingerprint density at radius 2 is 1.91 bits per heavy atom. The third-order valence-electron chi connectivity index (χ3n) is 5.61. The normalized spacial score (nSPS) is 12.8. The Hall–Kier alpha value is -4.20. The molecule has 0 fully saturated rings. The zero-order chi connectivity index (χ0) is 22.8. The van der Waals surface area contributed by atoms with Gasteiger partial charge < -0.3 is 10.2 Å². The van der Waals surface area contributed by atoms with Crippen molar-refractivity contribution in [3.63, 3.8) is 0 Å². The Bertz CT molecular complexity index is 1330. The fourth-order valence-corrected chi connectivity index (χ4v) is 3.90. The third-order valence-corrected chi connectivity index (χ3v) is 5.61. The Morgan fingerprint density at radius 3 is 2.70 bits per heavy atom. The van der Waals surface area contributed by atoms with Crippen molar-refractivity contribution < 1.29 is 9.18 Å². The van der Waals surface area contributed by atoms with Gasteiger partial charge in [0.15, 0.2) is 5.82 Å². The maximum absolute atomic E-state index is 13.8. The van der Waals surface area contributed by atoms with Crippen molar-refractivity contribution in [1.29, 1.82) is 0 Å². The number of aryl methyl sites for hydroxylation is 1. The molecule has 5 rings (SSSR count). The molecular formula is C25H21FN6O. The van der Waals surface area contributed by atoms with E-state index in [0.717, 1.165) is 16.8 Å². The molecule has 8 heteroatoms. The van der Waals surface area contributed by atoms with Crippen LogP contribution in [0.25, 0.3) is 11.4 Å². The van der Waals surface area contributed by atoms with Crippen LogP contribution in [0, 0.1) is 12.7 Å². The summed E-state index contributed by atoms with van der Waals surface area (Å²) in [6.45, 7) is 2.70. The quantitative estimate of drug-likeness (QED) is 0.509. The van der Waals surface area contributed by atoms with Crippen molar-refractivity contribution in [3.8, 4) is 11.4 Å². The van der Waals surface area contributed by atoms with Crippen LogP contribution in [0.15, 0.2) is 67.1 Å². The summed E-state index contributed by atoms with van der Waals surface area (Å²) in [7, 11) is 0. The maximum atomic E-state index is 13.8. The van der Waals surface area contributed by atoms with Gasteiger partial charge in [-0.2, -0.15) is 0 Å². The van der Waals surface area contributed by atoms with E-state index in [0.29, 0.717) is 48.1 Å². The van der Waals surface area contributed by atoms with E-state index in [-0.39, 0.29) is 11.7 Å². The number of rotatable bonds is 4. The summed E-state index contributed by atoms with van der Waals surface area (Å²) in [6, 6.07) is 13.4. The number of aromatic nitrogens is 4. The minimum atomic E-state index is -0.346. The summed E-state index contributed by atoms with van der Waals surface area (Å²) in [5.74, 6) is 0.679. The molecular weight excluding hydrogens is 419 g/mol. The molecule has 4 heterocycles. The number of hydrogen-bond acceptors (Lipinski definition) is 6. The predicted molar refractivity (Wildman–Crippen MR) is 122 cm³/mol. The fourth-order valence-electron chi connectivity index (χ4n) is 3.90. The average molecular weight is 440 g/mol. The number of hydrogen-bond donors (Lipinski definition) is 1. The number of benzene rings is 1. The molecule has 0 aliphatic carbocycles. The van der Waals surface area contributed by atoms with Crippen molar-refractivity contribution in [2.24, 2.45) is 0 Å². The van der Waals surface area contributed by atoms with Gasteiger partial charge >= 0.3 is 0 Å². The predicted octanol–water partition coefficient (Wildman–Crippen LogP) is 4.32. The van der Waals surface area contributed by atoms with E-state index in [1.54, 1.807) is 47.8 Å². The lowest BCUT2D eigenvalue weighted by atomic mass is 10.0. The first-order chi connectivity index (χ1) is 16.1. The molecule has 1 aromatic carbocycles. The van der Waals surface area contributed by atoms with Gasteiger partial charge in [0.05, 0.1) is 17.8 Å². The Kier molecular flexibility index (Phi) is 5.48. The molecule has 3 aromatic heterocycles. The Balaban J connectivity index is 1.54. The zero-order valence-electron chi connectivity index (χ0n) is 18.0. The van der Waals surface area contributed by atoms with Gasteiger partial charge in [-0.15, -0.1) is 0 Å². The number of carbonyl (C=O) groups excluding carboxylic acids is 1. The molecule has 1 aliphatic heterocycles. The summed E-state index contributed by atoms with van der Waals surface area (Å²) >= 11 is 0. The van der Waals surface area contributed by atoms with E-state index in [9.17, 15) is 9.18 Å². The topological polar surface area (TPSA) is 83.9 Å². The molecule has 164 valence electrons. The lowest BCUT2D eigenvalue weighted by molar-refractivity contribution is 0.0732. The number of halogens is 1. The van der Waals surface area contributed by atoms with Crippen molar-refractivity contribution >= 4 is 17.4 Å². The first-order valence-corrected chi connectivity index (χ1v) is 10.6. The summed E-state index contributed by atoms with van der Waals surface area (Å²) < 4.78 is 13.8. The van der Waals surface area contributed by atoms with Gasteiger partial charge in [-0.3, -0.25) is 14.8 Å². The highest BCUT2D eigenvalue weighted by Gasteiger charge is 2.27. The van der Waals surface area contributed by atoms with Crippen molar-refractivity contribution in [3.05, 3.63) is 95.5 Å². The van der Waals surface area contributed by atoms with Crippen LogP contribution < -0.4 is 5.32 Å². The minimum absolute atomic E-state index is 0.0823. The molecule has 0 radical (unpaired) electrons. The van der Waals surface area contributed by atoms with E-state index in [4.69, 9.17) is 9.97 Å². The SMILES string of the molecule is Cc1ncccc1C(=O)N1CCc2nc(-c3ccncc3)nc(Nc3cccc(F)c3)c2C1. The van der Waals surface area contributed by atoms with Gasteiger partial charge in [0, 0.05) is 54.1 Å². The Morgan fingerprint density at radius 1 is 1.06 bits per heavy atom. The van der Waals surface area contributed by atoms with E-state index >= 15 is 0 Å². The van der Waals surface area contributed by atoms with Crippen LogP contribution >= 0.6 is 0 Å². The second-order valence-electron chi connectivity index (χ2n) is 7.81. The highest BCUT2D eigenvalue weighted by Crippen LogP contribution is 2.30. The van der Waals surface area contributed by atoms with Crippen LogP contribution in [0.5, 0.6) is 0 Å². The number of pyridine rings is 2. The molecule has 0 spiro atoms. The van der Waals surface area contributed by atoms with E-state index < -0.39 is 0 Å². The summed E-state index contributed by atoms with van der Waals surface area (Å²) in [6.07, 6.45) is 5.63. The van der Waals surface area contributed by atoms with Crippen LogP contribution in [0.4, 0.5) is 15.9 Å². The lowest BCUT2D eigenvalue weighted by Gasteiger charge is -2.30. The first-order valence-electron chi connectivity index (χ1n) is 10.6. The Labute approximate surface area is 190 Å². The van der Waals surface area contributed by atoms with Crippen LogP contribution in [-0.2, 0) is 13.0 Å². The molecule has 0 saturated carbocycles. The van der Waals surface area contributed by atoms with E-state index in [1.165, 1.54) is 12.1 Å². The second kappa shape index (κ2) is 8.74. The van der Waals surface area contributed by atoms with Gasteiger partial charge in [-0.1, -0.05) is 6.07 Å². The standard InChI is InChI=1S/C25H21FN6O/c1-16-20(6-3-10-28-16)25(33)32-13-9-22-21(15-32)24(29-19-5-2-4-18(26)14-19)31-23(30-22)17-7-11-27-12-8-17/h2-8,10-12,14H,9,13,15H2,1H3,(H,29,30,31). The maximum Gasteiger partial charge on any atom is 0.256 e. The van der Waals surface area contributed by atoms with Gasteiger partial charge in [-0.05, 0) is 49.4 Å². The monoisotopic (exact) mass is 440 g/mol. The largest absolute Gasteiger partial charge is 0.340 e. The molecule has 1 aliphatic rings. The average Bonchev–Trinajstić information content (AvgIpc) is 2.84. The van der Waals surface area contributed by atoms with Gasteiger partial charge in [0.2, 0.25) is 0 Å². The summed E-state index contributed by atoms with van der Waals surface area (Å²) in [5, 5.41) is 3.24. The van der Waals surface area contributed by atoms with Gasteiger partial charge in [-0.25, -0.2) is 14.4 Å². The molecule has 0 bridgehead atoms. The number of carbonyl (C=O) groups is 1. The highest BCUT2D eigenvalue weighted by molar-refractivity contribution is 5.95. The smallest absolute Gasteiger partial charge is 0.256 e. The molecule has 0 saturated heterocycles. The molecule has 1 amide bonds. The van der Waals surface area contributed by atoms with Crippen LogP contribution in [0.1, 0.15) is 27.3 Å². The van der Waals surface area contributed by atoms with Gasteiger partial charge in [0.25, 0.3) is 5.91 Å². The third kappa shape index (κ3) is 4.27. The zero-order valence-corrected chi connectivity index (χ0v) is 18.0. The summed E-state index contributed by atoms with van der Waals surface area (Å²) in [4.78, 5) is 32.8. The highest BCUT2D eigenvalue weighted by atomic mass is 19.1. The van der Waals surface area contributed by atoms with Crippen LogP contribution in [0.3, 0.4) is 0 Å². The number of amides is 1. The van der Waals surface area contributed by atoms with E-state index in [2.05, 4.69) is 15.3 Å². The minimum Gasteiger partial charge on any atom is -0.340 e. The van der Waals surface area contributed by atoms with Crippen LogP contribution in [0.2, 0.25) is 0 Å². The second-order valence-corrected chi connectivity index (χ2v) is 7.81. The molecule has 1 N–H and O–H groups in total. The summed E-state index contributed by atoms with van der Waals surface area (Å²) in [5.41, 5.74) is 4.36. The molecule has 33 heavy (non-hydrogen) atoms. The lowest BCUT2D eigenvalue weighted by Crippen LogP contribution is -2.37. The van der Waals surface area contributed by atoms with Crippen molar-refractivity contribution in [1.82, 2.24) is 24.8 Å². The van der Waals surface area contributed by atoms with E-state index in [1.807, 2.05) is 19.1 Å². The molecule has 7 nitrogen and oxygen atoms in total. The number of fused-ring (bicyclic) bond motifs is 1. The van der Waals surface area contributed by atoms with Crippen molar-refractivity contribution in [2.45, 2.75) is 19.9 Å². The van der Waals surface area contributed by atoms with Crippen LogP contribution in [-0.4, -0.2) is 37.3 Å². The van der Waals surface area contributed by atoms with Gasteiger partial charge in [0.1, 0.15) is 11.6 Å². The van der Waals surface area contributed by atoms with Crippen molar-refractivity contribution in [2.75, 3.05) is 11.9 Å². The fraction of sp³-hybridized carbons (Fsp3) is 0.160. The molecule has 4 aromatic rings. The number of anilines is 2. The molecule has 0 unspecified atom stereocenters. The number of nitrogens with zero attached hydrogens (tertiary/aromatic N) is 5.